The average Bonchev–Trinajstić information content (AvgIpc) is 3.44. The fourth-order valence-electron chi connectivity index (χ4n) is 3.94. The molecule has 0 spiro atoms. The number of nitrogens with one attached hydrogen (secondary N) is 2. The third-order valence-electron chi connectivity index (χ3n) is 5.85. The van der Waals surface area contributed by atoms with Crippen LogP contribution in [0.4, 0.5) is 30.5 Å². The smallest absolute Gasteiger partial charge is 0.417 e. The number of hydrogen-bond acceptors (Lipinski definition) is 9. The van der Waals surface area contributed by atoms with E-state index in [-0.39, 0.29) is 34.9 Å². The largest absolute Gasteiger partial charge is 0.505 e. The van der Waals surface area contributed by atoms with Gasteiger partial charge >= 0.3 is 6.18 Å². The van der Waals surface area contributed by atoms with Crippen LogP contribution in [-0.2, 0) is 6.18 Å². The number of aromatic hydroxyl groups is 1. The van der Waals surface area contributed by atoms with Crippen LogP contribution in [0.3, 0.4) is 0 Å². The highest BCUT2D eigenvalue weighted by Crippen LogP contribution is 2.42. The highest BCUT2D eigenvalue weighted by molar-refractivity contribution is 6.00. The molecule has 0 saturated heterocycles. The molecule has 38 heavy (non-hydrogen) atoms. The summed E-state index contributed by atoms with van der Waals surface area (Å²) in [4.78, 5) is 31.0. The third-order valence-corrected chi connectivity index (χ3v) is 5.85. The highest BCUT2D eigenvalue weighted by Gasteiger charge is 2.38. The number of phenolic OH excluding ortho intramolecular Hbond substituents is 1. The van der Waals surface area contributed by atoms with Crippen LogP contribution in [0.2, 0.25) is 0 Å². The van der Waals surface area contributed by atoms with Gasteiger partial charge in [0.2, 0.25) is 0 Å². The molecule has 1 aromatic carbocycles. The first kappa shape index (κ1) is 26.9. The van der Waals surface area contributed by atoms with E-state index in [0.717, 1.165) is 22.8 Å². The molecule has 4 rings (SSSR count). The van der Waals surface area contributed by atoms with Gasteiger partial charge in [-0.3, -0.25) is 4.79 Å². The van der Waals surface area contributed by atoms with Crippen LogP contribution in [-0.4, -0.2) is 46.6 Å². The first-order valence-corrected chi connectivity index (χ1v) is 11.7. The van der Waals surface area contributed by atoms with Gasteiger partial charge in [0, 0.05) is 14.1 Å². The van der Waals surface area contributed by atoms with Crippen molar-refractivity contribution in [2.24, 2.45) is 15.4 Å². The molecule has 1 atom stereocenters. The summed E-state index contributed by atoms with van der Waals surface area (Å²) in [5.41, 5.74) is -2.15. The van der Waals surface area contributed by atoms with Crippen molar-refractivity contribution < 1.29 is 27.5 Å². The lowest BCUT2D eigenvalue weighted by atomic mass is 9.85. The number of benzene rings is 1. The standard InChI is InChI=1S/C25H28F3N7O3/c1-12-7-10-15(38-12)18(24(2,3)4)32-22-21(33-19-20(34-22)30-11-29-19)31-14-9-8-13(25(26,27)28)16(17(14)36)23(37)35(5)6/h7-10,18,36H,11H2,1-6H3,(H,29,31,33)(H,30,32,34)/t18-/m0/s1. The Labute approximate surface area is 216 Å². The van der Waals surface area contributed by atoms with Crippen molar-refractivity contribution in [1.82, 2.24) is 14.9 Å². The van der Waals surface area contributed by atoms with E-state index in [9.17, 15) is 23.1 Å². The number of furan rings is 1. The van der Waals surface area contributed by atoms with E-state index in [1.807, 2.05) is 39.8 Å². The molecule has 3 aromatic rings. The van der Waals surface area contributed by atoms with E-state index < -0.39 is 35.0 Å². The lowest BCUT2D eigenvalue weighted by molar-refractivity contribution is -0.138. The predicted molar refractivity (Wildman–Crippen MR) is 133 cm³/mol. The molecule has 202 valence electrons. The van der Waals surface area contributed by atoms with Crippen molar-refractivity contribution >= 4 is 23.2 Å². The molecular formula is C25H28F3N7O3. The van der Waals surface area contributed by atoms with Crippen molar-refractivity contribution in [2.45, 2.75) is 39.9 Å². The van der Waals surface area contributed by atoms with Crippen LogP contribution in [0.5, 0.6) is 5.75 Å². The second kappa shape index (κ2) is 9.62. The summed E-state index contributed by atoms with van der Waals surface area (Å²) in [7, 11) is 2.59. The normalized spacial score (nSPS) is 13.8. The number of aromatic nitrogens is 2. The Morgan fingerprint density at radius 2 is 1.68 bits per heavy atom. The first-order chi connectivity index (χ1) is 17.7. The van der Waals surface area contributed by atoms with Gasteiger partial charge in [-0.25, -0.2) is 20.0 Å². The predicted octanol–water partition coefficient (Wildman–Crippen LogP) is 3.96. The van der Waals surface area contributed by atoms with Gasteiger partial charge in [0.05, 0.1) is 22.9 Å². The fourth-order valence-corrected chi connectivity index (χ4v) is 3.94. The molecule has 0 radical (unpaired) electrons. The van der Waals surface area contributed by atoms with Gasteiger partial charge in [-0.1, -0.05) is 20.8 Å². The average molecular weight is 532 g/mol. The monoisotopic (exact) mass is 531 g/mol. The number of anilines is 3. The van der Waals surface area contributed by atoms with Crippen molar-refractivity contribution in [1.29, 1.82) is 0 Å². The lowest BCUT2D eigenvalue weighted by Gasteiger charge is -2.30. The third kappa shape index (κ3) is 5.27. The molecule has 13 heteroatoms. The number of nitrogens with zero attached hydrogens (tertiary/aromatic N) is 5. The number of aryl methyl sites for hydroxylation is 1. The summed E-state index contributed by atoms with van der Waals surface area (Å²) >= 11 is 0. The maximum Gasteiger partial charge on any atom is 0.417 e. The molecule has 0 bridgehead atoms. The van der Waals surface area contributed by atoms with Gasteiger partial charge in [-0.15, -0.1) is 0 Å². The van der Waals surface area contributed by atoms with E-state index >= 15 is 0 Å². The van der Waals surface area contributed by atoms with Crippen LogP contribution >= 0.6 is 0 Å². The number of fused-ring (bicyclic) bond motifs is 1. The summed E-state index contributed by atoms with van der Waals surface area (Å²) < 4.78 is 46.9. The summed E-state index contributed by atoms with van der Waals surface area (Å²) in [6.07, 6.45) is -4.86. The Balaban J connectivity index is 1.83. The maximum absolute atomic E-state index is 13.7. The molecule has 1 aliphatic rings. The van der Waals surface area contributed by atoms with Gasteiger partial charge < -0.3 is 25.1 Å². The van der Waals surface area contributed by atoms with Gasteiger partial charge in [0.1, 0.15) is 18.2 Å². The summed E-state index contributed by atoms with van der Waals surface area (Å²) in [6, 6.07) is 5.04. The molecule has 2 aromatic heterocycles. The molecule has 0 fully saturated rings. The van der Waals surface area contributed by atoms with Crippen LogP contribution in [0, 0.1) is 12.3 Å². The number of amides is 1. The molecule has 0 saturated carbocycles. The van der Waals surface area contributed by atoms with Crippen molar-refractivity contribution in [3.05, 3.63) is 57.9 Å². The van der Waals surface area contributed by atoms with Gasteiger partial charge in [-0.05, 0) is 36.6 Å². The topological polar surface area (TPSA) is 128 Å². The second-order valence-electron chi connectivity index (χ2n) is 10.1. The Kier molecular flexibility index (Phi) is 6.80. The molecule has 1 aliphatic heterocycles. The minimum atomic E-state index is -4.86. The SMILES string of the molecule is Cc1ccc([C@H](Nc2nc3c(nc2Nc2ccc(C(F)(F)F)c(C(=O)N(C)C)c2O)=NCN=3)C(C)(C)C)o1. The van der Waals surface area contributed by atoms with E-state index in [1.165, 1.54) is 14.1 Å². The van der Waals surface area contributed by atoms with Crippen LogP contribution in [0.1, 0.15) is 54.3 Å². The maximum atomic E-state index is 13.7. The van der Waals surface area contributed by atoms with Crippen molar-refractivity contribution in [3.8, 4) is 5.75 Å². The number of carbonyl (C=O) groups is 1. The first-order valence-electron chi connectivity index (χ1n) is 11.7. The van der Waals surface area contributed by atoms with E-state index in [0.29, 0.717) is 11.2 Å². The van der Waals surface area contributed by atoms with Gasteiger partial charge in [0.25, 0.3) is 5.91 Å². The number of alkyl halides is 3. The van der Waals surface area contributed by atoms with Crippen LogP contribution in [0.15, 0.2) is 38.7 Å². The molecule has 3 N–H and O–H groups in total. The second-order valence-corrected chi connectivity index (χ2v) is 10.1. The molecule has 3 heterocycles. The minimum Gasteiger partial charge on any atom is -0.505 e. The molecule has 0 aliphatic carbocycles. The lowest BCUT2D eigenvalue weighted by Crippen LogP contribution is -2.33. The summed E-state index contributed by atoms with van der Waals surface area (Å²) in [5.74, 6) is -0.245. The fraction of sp³-hybridized carbons (Fsp3) is 0.400. The number of hydrogen-bond donors (Lipinski definition) is 3. The summed E-state index contributed by atoms with van der Waals surface area (Å²) in [6.45, 7) is 7.95. The summed E-state index contributed by atoms with van der Waals surface area (Å²) in [5, 5.41) is 17.0. The molecule has 1 amide bonds. The quantitative estimate of drug-likeness (QED) is 0.411. The Bertz CT molecular complexity index is 1510. The zero-order chi connectivity index (χ0) is 28.0. The Morgan fingerprint density at radius 1 is 1.05 bits per heavy atom. The zero-order valence-corrected chi connectivity index (χ0v) is 21.7. The van der Waals surface area contributed by atoms with Gasteiger partial charge in [-0.2, -0.15) is 13.2 Å². The minimum absolute atomic E-state index is 0.0699. The molecule has 0 unspecified atom stereocenters. The number of phenols is 1. The zero-order valence-electron chi connectivity index (χ0n) is 21.7. The Hall–Kier alpha value is -4.16. The van der Waals surface area contributed by atoms with Crippen LogP contribution in [0.25, 0.3) is 0 Å². The van der Waals surface area contributed by atoms with E-state index in [1.54, 1.807) is 0 Å². The van der Waals surface area contributed by atoms with E-state index in [2.05, 4.69) is 30.6 Å². The van der Waals surface area contributed by atoms with Crippen molar-refractivity contribution in [3.63, 3.8) is 0 Å². The number of rotatable bonds is 6. The van der Waals surface area contributed by atoms with Crippen molar-refractivity contribution in [2.75, 3.05) is 31.4 Å². The number of carbonyl (C=O) groups excluding carboxylic acids is 1. The number of halogens is 3. The molecule has 10 nitrogen and oxygen atoms in total. The molecular weight excluding hydrogens is 503 g/mol. The highest BCUT2D eigenvalue weighted by atomic mass is 19.4. The Morgan fingerprint density at radius 3 is 2.21 bits per heavy atom. The van der Waals surface area contributed by atoms with Crippen LogP contribution < -0.4 is 21.6 Å². The van der Waals surface area contributed by atoms with Gasteiger partial charge in [0.15, 0.2) is 28.4 Å². The van der Waals surface area contributed by atoms with E-state index in [4.69, 9.17) is 4.42 Å².